The molecule has 1 aliphatic rings. The number of pyridine rings is 1. The fraction of sp³-hybridized carbons (Fsp3) is 0.385. The summed E-state index contributed by atoms with van der Waals surface area (Å²) in [5.41, 5.74) is 3.35. The van der Waals surface area contributed by atoms with Gasteiger partial charge in [0, 0.05) is 35.8 Å². The van der Waals surface area contributed by atoms with E-state index in [1.165, 1.54) is 19.3 Å². The van der Waals surface area contributed by atoms with Gasteiger partial charge in [0.1, 0.15) is 11.4 Å². The first kappa shape index (κ1) is 23.4. The van der Waals surface area contributed by atoms with Crippen molar-refractivity contribution in [3.05, 3.63) is 76.1 Å². The van der Waals surface area contributed by atoms with Crippen LogP contribution in [0.5, 0.6) is 5.75 Å². The average Bonchev–Trinajstić information content (AvgIpc) is 3.30. The van der Waals surface area contributed by atoms with Crippen molar-refractivity contribution >= 4 is 23.1 Å². The van der Waals surface area contributed by atoms with E-state index in [4.69, 9.17) is 9.72 Å². The Morgan fingerprint density at radius 1 is 1.11 bits per heavy atom. The van der Waals surface area contributed by atoms with Crippen LogP contribution in [0.15, 0.2) is 58.6 Å². The molecule has 5 rings (SSSR count). The Balaban J connectivity index is 1.37. The number of nitrogens with zero attached hydrogens (tertiary/aromatic N) is 5. The molecule has 0 amide bonds. The molecule has 0 bridgehead atoms. The highest BCUT2D eigenvalue weighted by molar-refractivity contribution is 7.98. The molecule has 4 aromatic rings. The fourth-order valence-corrected chi connectivity index (χ4v) is 5.53. The van der Waals surface area contributed by atoms with Crippen LogP contribution in [-0.2, 0) is 12.3 Å². The number of rotatable bonds is 8. The molecule has 0 unspecified atom stereocenters. The summed E-state index contributed by atoms with van der Waals surface area (Å²) >= 11 is 1.59. The molecule has 8 nitrogen and oxygen atoms in total. The third-order valence-corrected chi connectivity index (χ3v) is 7.38. The Morgan fingerprint density at radius 2 is 1.97 bits per heavy atom. The van der Waals surface area contributed by atoms with Crippen molar-refractivity contribution in [2.45, 2.75) is 62.5 Å². The molecule has 0 radical (unpaired) electrons. The summed E-state index contributed by atoms with van der Waals surface area (Å²) in [5, 5.41) is 13.4. The topological polar surface area (TPSA) is 86.3 Å². The van der Waals surface area contributed by atoms with Crippen molar-refractivity contribution in [2.24, 2.45) is 0 Å². The Bertz CT molecular complexity index is 1380. The van der Waals surface area contributed by atoms with E-state index in [2.05, 4.69) is 20.1 Å². The molecule has 0 atom stereocenters. The van der Waals surface area contributed by atoms with Crippen molar-refractivity contribution in [2.75, 3.05) is 12.4 Å². The first-order valence-electron chi connectivity index (χ1n) is 12.0. The van der Waals surface area contributed by atoms with Gasteiger partial charge in [0.05, 0.1) is 19.3 Å². The summed E-state index contributed by atoms with van der Waals surface area (Å²) in [6.07, 6.45) is 7.81. The lowest BCUT2D eigenvalue weighted by atomic mass is 9.95. The van der Waals surface area contributed by atoms with Crippen molar-refractivity contribution < 1.29 is 4.74 Å². The Morgan fingerprint density at radius 3 is 2.80 bits per heavy atom. The van der Waals surface area contributed by atoms with Crippen LogP contribution in [0.2, 0.25) is 0 Å². The van der Waals surface area contributed by atoms with Crippen molar-refractivity contribution in [1.29, 1.82) is 0 Å². The number of hydrogen-bond donors (Lipinski definition) is 1. The molecule has 0 aliphatic heterocycles. The summed E-state index contributed by atoms with van der Waals surface area (Å²) in [6.45, 7) is 2.54. The first-order chi connectivity index (χ1) is 17.1. The predicted octanol–water partition coefficient (Wildman–Crippen LogP) is 5.01. The zero-order chi connectivity index (χ0) is 24.2. The van der Waals surface area contributed by atoms with Gasteiger partial charge in [-0.2, -0.15) is 0 Å². The maximum absolute atomic E-state index is 12.6. The molecule has 9 heteroatoms. The average molecular weight is 491 g/mol. The van der Waals surface area contributed by atoms with E-state index >= 15 is 0 Å². The van der Waals surface area contributed by atoms with Crippen LogP contribution >= 0.6 is 11.8 Å². The number of aromatic nitrogens is 5. The quantitative estimate of drug-likeness (QED) is 0.347. The molecule has 1 saturated carbocycles. The van der Waals surface area contributed by atoms with Crippen molar-refractivity contribution in [3.8, 4) is 5.75 Å². The predicted molar refractivity (Wildman–Crippen MR) is 138 cm³/mol. The number of aryl methyl sites for hydroxylation is 1. The van der Waals surface area contributed by atoms with Crippen LogP contribution in [0.25, 0.3) is 5.65 Å². The van der Waals surface area contributed by atoms with E-state index in [-0.39, 0.29) is 5.56 Å². The molecule has 182 valence electrons. The maximum Gasteiger partial charge on any atom is 0.258 e. The summed E-state index contributed by atoms with van der Waals surface area (Å²) in [5.74, 6) is 2.30. The second kappa shape index (κ2) is 10.5. The summed E-state index contributed by atoms with van der Waals surface area (Å²) in [4.78, 5) is 17.3. The van der Waals surface area contributed by atoms with Crippen LogP contribution < -0.4 is 15.6 Å². The molecule has 35 heavy (non-hydrogen) atoms. The third-order valence-electron chi connectivity index (χ3n) is 6.41. The van der Waals surface area contributed by atoms with Gasteiger partial charge in [-0.25, -0.2) is 4.98 Å². The van der Waals surface area contributed by atoms with E-state index in [9.17, 15) is 4.79 Å². The largest absolute Gasteiger partial charge is 0.497 e. The fourth-order valence-electron chi connectivity index (χ4n) is 4.62. The molecule has 1 N–H and O–H groups in total. The molecule has 3 heterocycles. The standard InChI is InChI=1S/C26H30N6O2S/c1-18-11-12-23-28-20(14-25(33)31(23)16-18)17-35-26-30-29-24(32(26)21-8-4-3-5-9-21)15-27-19-7-6-10-22(13-19)34-2/h6-7,10-14,16,21,27H,3-5,8-9,15,17H2,1-2H3. The van der Waals surface area contributed by atoms with Gasteiger partial charge in [-0.1, -0.05) is 43.2 Å². The Kier molecular flexibility index (Phi) is 7.03. The highest BCUT2D eigenvalue weighted by Gasteiger charge is 2.23. The lowest BCUT2D eigenvalue weighted by Gasteiger charge is -2.25. The minimum atomic E-state index is -0.0637. The third kappa shape index (κ3) is 5.35. The second-order valence-corrected chi connectivity index (χ2v) is 9.90. The number of benzene rings is 1. The smallest absolute Gasteiger partial charge is 0.258 e. The summed E-state index contributed by atoms with van der Waals surface area (Å²) in [7, 11) is 1.67. The van der Waals surface area contributed by atoms with Gasteiger partial charge in [0.25, 0.3) is 5.56 Å². The van der Waals surface area contributed by atoms with Gasteiger partial charge in [-0.3, -0.25) is 9.20 Å². The molecular weight excluding hydrogens is 460 g/mol. The van der Waals surface area contributed by atoms with E-state index in [0.29, 0.717) is 24.0 Å². The lowest BCUT2D eigenvalue weighted by molar-refractivity contribution is 0.330. The minimum absolute atomic E-state index is 0.0637. The number of nitrogens with one attached hydrogen (secondary N) is 1. The number of thioether (sulfide) groups is 1. The minimum Gasteiger partial charge on any atom is -0.497 e. The van der Waals surface area contributed by atoms with Gasteiger partial charge >= 0.3 is 0 Å². The van der Waals surface area contributed by atoms with Gasteiger partial charge in [0.2, 0.25) is 0 Å². The monoisotopic (exact) mass is 490 g/mol. The number of fused-ring (bicyclic) bond motifs is 1. The van der Waals surface area contributed by atoms with Gasteiger partial charge in [-0.05, 0) is 43.5 Å². The molecule has 1 aromatic carbocycles. The van der Waals surface area contributed by atoms with E-state index in [0.717, 1.165) is 46.5 Å². The van der Waals surface area contributed by atoms with E-state index in [1.54, 1.807) is 29.3 Å². The first-order valence-corrected chi connectivity index (χ1v) is 13.0. The highest BCUT2D eigenvalue weighted by Crippen LogP contribution is 2.33. The van der Waals surface area contributed by atoms with Gasteiger partial charge in [-0.15, -0.1) is 10.2 Å². The second-order valence-electron chi connectivity index (χ2n) is 8.96. The van der Waals surface area contributed by atoms with Crippen LogP contribution in [0.1, 0.15) is 55.2 Å². The van der Waals surface area contributed by atoms with Crippen LogP contribution in [0.4, 0.5) is 5.69 Å². The molecule has 0 saturated heterocycles. The van der Waals surface area contributed by atoms with Crippen LogP contribution in [0, 0.1) is 6.92 Å². The van der Waals surface area contributed by atoms with Crippen LogP contribution in [-0.4, -0.2) is 31.3 Å². The van der Waals surface area contributed by atoms with Crippen LogP contribution in [0.3, 0.4) is 0 Å². The molecule has 0 spiro atoms. The lowest BCUT2D eigenvalue weighted by Crippen LogP contribution is -2.18. The number of hydrogen-bond acceptors (Lipinski definition) is 7. The Labute approximate surface area is 208 Å². The normalized spacial score (nSPS) is 14.3. The Hall–Kier alpha value is -3.33. The zero-order valence-electron chi connectivity index (χ0n) is 20.1. The molecule has 3 aromatic heterocycles. The molecular formula is C26H30N6O2S. The van der Waals surface area contributed by atoms with Gasteiger partial charge < -0.3 is 14.6 Å². The van der Waals surface area contributed by atoms with Gasteiger partial charge in [0.15, 0.2) is 11.0 Å². The molecule has 1 fully saturated rings. The van der Waals surface area contributed by atoms with Crippen molar-refractivity contribution in [3.63, 3.8) is 0 Å². The molecule has 1 aliphatic carbocycles. The highest BCUT2D eigenvalue weighted by atomic mass is 32.2. The summed E-state index contributed by atoms with van der Waals surface area (Å²) in [6, 6.07) is 13.8. The van der Waals surface area contributed by atoms with E-state index in [1.807, 2.05) is 49.5 Å². The zero-order valence-corrected chi connectivity index (χ0v) is 20.9. The number of ether oxygens (including phenoxy) is 1. The van der Waals surface area contributed by atoms with Crippen molar-refractivity contribution in [1.82, 2.24) is 24.1 Å². The summed E-state index contributed by atoms with van der Waals surface area (Å²) < 4.78 is 9.23. The van der Waals surface area contributed by atoms with E-state index < -0.39 is 0 Å². The number of methoxy groups -OCH3 is 1. The number of anilines is 1. The maximum atomic E-state index is 12.6. The SMILES string of the molecule is COc1cccc(NCc2nnc(SCc3cc(=O)n4cc(C)ccc4n3)n2C2CCCCC2)c1.